The number of fused-ring (bicyclic) bond motifs is 1. The van der Waals surface area contributed by atoms with Crippen LogP contribution in [0.5, 0.6) is 0 Å². The van der Waals surface area contributed by atoms with Crippen LogP contribution >= 0.6 is 11.6 Å². The van der Waals surface area contributed by atoms with Gasteiger partial charge in [-0.05, 0) is 49.6 Å². The molecular weight excluding hydrogens is 440 g/mol. The Morgan fingerprint density at radius 2 is 1.62 bits per heavy atom. The van der Waals surface area contributed by atoms with Crippen molar-refractivity contribution in [2.45, 2.75) is 33.4 Å². The molecule has 0 aliphatic carbocycles. The number of anilines is 1. The molecule has 0 radical (unpaired) electrons. The summed E-state index contributed by atoms with van der Waals surface area (Å²) in [4.78, 5) is 11.9. The fourth-order valence-corrected chi connectivity index (χ4v) is 4.49. The molecule has 0 aliphatic rings. The summed E-state index contributed by atoms with van der Waals surface area (Å²) in [5, 5.41) is 1.78. The van der Waals surface area contributed by atoms with Gasteiger partial charge in [0.15, 0.2) is 5.65 Å². The third-order valence-electron chi connectivity index (χ3n) is 6.17. The highest BCUT2D eigenvalue weighted by Gasteiger charge is 2.22. The molecule has 0 fully saturated rings. The number of rotatable bonds is 6. The largest absolute Gasteiger partial charge is 0.349 e. The van der Waals surface area contributed by atoms with Crippen LogP contribution < -0.4 is 4.90 Å². The number of hydrogen-bond donors (Lipinski definition) is 0. The van der Waals surface area contributed by atoms with Gasteiger partial charge in [0.1, 0.15) is 12.1 Å². The van der Waals surface area contributed by atoms with E-state index >= 15 is 0 Å². The first-order valence-corrected chi connectivity index (χ1v) is 11.9. The van der Waals surface area contributed by atoms with E-state index in [-0.39, 0.29) is 6.04 Å². The van der Waals surface area contributed by atoms with Gasteiger partial charge in [0, 0.05) is 35.1 Å². The third kappa shape index (κ3) is 4.17. The van der Waals surface area contributed by atoms with Crippen molar-refractivity contribution in [2.75, 3.05) is 4.90 Å². The van der Waals surface area contributed by atoms with Gasteiger partial charge in [-0.3, -0.25) is 0 Å². The van der Waals surface area contributed by atoms with Crippen LogP contribution in [0.25, 0.3) is 27.8 Å². The van der Waals surface area contributed by atoms with Gasteiger partial charge >= 0.3 is 0 Å². The molecule has 0 amide bonds. The number of aromatic nitrogens is 3. The van der Waals surface area contributed by atoms with Crippen molar-refractivity contribution in [3.8, 4) is 16.8 Å². The van der Waals surface area contributed by atoms with Gasteiger partial charge < -0.3 is 9.47 Å². The van der Waals surface area contributed by atoms with Gasteiger partial charge in [-0.1, -0.05) is 78.3 Å². The fraction of sp³-hybridized carbons (Fsp3) is 0.172. The SMILES string of the molecule is Cc1ccc(-n2cc(-c3ccccc3)c3c(N(Cc4ccccc4)C(C)C)ncnc32)cc1Cl. The Morgan fingerprint density at radius 3 is 2.29 bits per heavy atom. The quantitative estimate of drug-likeness (QED) is 0.260. The first-order valence-electron chi connectivity index (χ1n) is 11.5. The predicted molar refractivity (Wildman–Crippen MR) is 142 cm³/mol. The molecular formula is C29H27ClN4. The molecule has 170 valence electrons. The van der Waals surface area contributed by atoms with Crippen molar-refractivity contribution >= 4 is 28.5 Å². The molecule has 3 aromatic carbocycles. The smallest absolute Gasteiger partial charge is 0.150 e. The minimum absolute atomic E-state index is 0.249. The molecule has 0 aliphatic heterocycles. The average molecular weight is 467 g/mol. The molecule has 0 unspecified atom stereocenters. The van der Waals surface area contributed by atoms with Gasteiger partial charge in [-0.2, -0.15) is 0 Å². The molecule has 0 saturated carbocycles. The number of nitrogens with zero attached hydrogens (tertiary/aromatic N) is 4. The lowest BCUT2D eigenvalue weighted by molar-refractivity contribution is 0.674. The third-order valence-corrected chi connectivity index (χ3v) is 6.58. The molecule has 0 bridgehead atoms. The van der Waals surface area contributed by atoms with E-state index in [4.69, 9.17) is 21.6 Å². The Kier molecular flexibility index (Phi) is 6.08. The molecule has 4 nitrogen and oxygen atoms in total. The molecule has 0 spiro atoms. The number of aryl methyl sites for hydroxylation is 1. The summed E-state index contributed by atoms with van der Waals surface area (Å²) < 4.78 is 2.12. The summed E-state index contributed by atoms with van der Waals surface area (Å²) in [6, 6.07) is 27.3. The maximum absolute atomic E-state index is 6.50. The normalized spacial score (nSPS) is 11.3. The standard InChI is InChI=1S/C29H27ClN4/c1-20(2)33(17-22-10-6-4-7-11-22)28-27-25(23-12-8-5-9-13-23)18-34(29(27)32-19-31-28)24-15-14-21(3)26(30)16-24/h4-16,18-20H,17H2,1-3H3. The summed E-state index contributed by atoms with van der Waals surface area (Å²) in [7, 11) is 0. The van der Waals surface area contributed by atoms with Crippen LogP contribution in [0.4, 0.5) is 5.82 Å². The van der Waals surface area contributed by atoms with Crippen LogP contribution in [-0.2, 0) is 6.54 Å². The van der Waals surface area contributed by atoms with Crippen molar-refractivity contribution in [3.63, 3.8) is 0 Å². The molecule has 34 heavy (non-hydrogen) atoms. The Labute approximate surface area is 205 Å². The van der Waals surface area contributed by atoms with Crippen LogP contribution in [0.15, 0.2) is 91.4 Å². The van der Waals surface area contributed by atoms with Crippen molar-refractivity contribution < 1.29 is 0 Å². The van der Waals surface area contributed by atoms with E-state index in [1.165, 1.54) is 5.56 Å². The Morgan fingerprint density at radius 1 is 0.912 bits per heavy atom. The number of benzene rings is 3. The topological polar surface area (TPSA) is 34.0 Å². The van der Waals surface area contributed by atoms with E-state index in [2.05, 4.69) is 84.1 Å². The van der Waals surface area contributed by atoms with Crippen LogP contribution in [0.3, 0.4) is 0 Å². The van der Waals surface area contributed by atoms with Gasteiger partial charge in [0.05, 0.1) is 5.39 Å². The maximum Gasteiger partial charge on any atom is 0.150 e. The second kappa shape index (κ2) is 9.32. The first-order chi connectivity index (χ1) is 16.5. The van der Waals surface area contributed by atoms with E-state index in [0.717, 1.165) is 50.8 Å². The first kappa shape index (κ1) is 22.2. The van der Waals surface area contributed by atoms with Crippen molar-refractivity contribution in [1.82, 2.24) is 14.5 Å². The lowest BCUT2D eigenvalue weighted by atomic mass is 10.1. The fourth-order valence-electron chi connectivity index (χ4n) is 4.31. The van der Waals surface area contributed by atoms with Crippen molar-refractivity contribution in [1.29, 1.82) is 0 Å². The summed E-state index contributed by atoms with van der Waals surface area (Å²) in [6.07, 6.45) is 3.82. The number of halogens is 1. The molecule has 5 aromatic rings. The van der Waals surface area contributed by atoms with E-state index in [1.54, 1.807) is 6.33 Å². The summed E-state index contributed by atoms with van der Waals surface area (Å²) in [5.74, 6) is 0.930. The Bertz CT molecular complexity index is 1430. The van der Waals surface area contributed by atoms with Gasteiger partial charge in [-0.15, -0.1) is 0 Å². The van der Waals surface area contributed by atoms with Crippen LogP contribution in [0, 0.1) is 6.92 Å². The zero-order chi connectivity index (χ0) is 23.7. The Hall–Kier alpha value is -3.63. The zero-order valence-electron chi connectivity index (χ0n) is 19.6. The highest BCUT2D eigenvalue weighted by atomic mass is 35.5. The molecule has 5 rings (SSSR count). The molecule has 0 N–H and O–H groups in total. The van der Waals surface area contributed by atoms with Crippen molar-refractivity contribution in [3.05, 3.63) is 108 Å². The van der Waals surface area contributed by atoms with Gasteiger partial charge in [-0.25, -0.2) is 9.97 Å². The van der Waals surface area contributed by atoms with E-state index in [9.17, 15) is 0 Å². The molecule has 5 heteroatoms. The van der Waals surface area contributed by atoms with Crippen molar-refractivity contribution in [2.24, 2.45) is 0 Å². The lowest BCUT2D eigenvalue weighted by Gasteiger charge is -2.29. The zero-order valence-corrected chi connectivity index (χ0v) is 20.4. The number of hydrogen-bond acceptors (Lipinski definition) is 3. The average Bonchev–Trinajstić information content (AvgIpc) is 3.25. The van der Waals surface area contributed by atoms with Crippen LogP contribution in [-0.4, -0.2) is 20.6 Å². The highest BCUT2D eigenvalue weighted by molar-refractivity contribution is 6.31. The monoisotopic (exact) mass is 466 g/mol. The summed E-state index contributed by atoms with van der Waals surface area (Å²) in [6.45, 7) is 7.19. The summed E-state index contributed by atoms with van der Waals surface area (Å²) in [5.41, 5.74) is 6.36. The second-order valence-electron chi connectivity index (χ2n) is 8.82. The van der Waals surface area contributed by atoms with E-state index in [1.807, 2.05) is 31.2 Å². The highest BCUT2D eigenvalue weighted by Crippen LogP contribution is 2.38. The molecule has 2 heterocycles. The van der Waals surface area contributed by atoms with E-state index in [0.29, 0.717) is 0 Å². The minimum Gasteiger partial charge on any atom is -0.349 e. The lowest BCUT2D eigenvalue weighted by Crippen LogP contribution is -2.31. The molecule has 0 saturated heterocycles. The minimum atomic E-state index is 0.249. The maximum atomic E-state index is 6.50. The Balaban J connectivity index is 1.76. The molecule has 2 aromatic heterocycles. The van der Waals surface area contributed by atoms with Crippen LogP contribution in [0.2, 0.25) is 5.02 Å². The van der Waals surface area contributed by atoms with Crippen LogP contribution in [0.1, 0.15) is 25.0 Å². The van der Waals surface area contributed by atoms with E-state index < -0.39 is 0 Å². The second-order valence-corrected chi connectivity index (χ2v) is 9.22. The van der Waals surface area contributed by atoms with Gasteiger partial charge in [0.2, 0.25) is 0 Å². The summed E-state index contributed by atoms with van der Waals surface area (Å²) >= 11 is 6.50. The van der Waals surface area contributed by atoms with Gasteiger partial charge in [0.25, 0.3) is 0 Å². The molecule has 0 atom stereocenters. The predicted octanol–water partition coefficient (Wildman–Crippen LogP) is 7.46.